The Labute approximate surface area is 173 Å². The van der Waals surface area contributed by atoms with Crippen molar-refractivity contribution < 1.29 is 9.59 Å². The van der Waals surface area contributed by atoms with Crippen LogP contribution in [0.4, 0.5) is 0 Å². The number of carbonyl (C=O) groups excluding carboxylic acids is 2. The van der Waals surface area contributed by atoms with Gasteiger partial charge in [0.1, 0.15) is 0 Å². The molecule has 1 aliphatic heterocycles. The quantitative estimate of drug-likeness (QED) is 0.594. The summed E-state index contributed by atoms with van der Waals surface area (Å²) in [6.07, 6.45) is 4.95. The number of benzene rings is 1. The SMILES string of the molecule is O=C1C(=O)N([C@H]2C[C@@H](c3ccccc3)C2)CCN1Cc1ccc(-n2nccn2)nn1. The van der Waals surface area contributed by atoms with Gasteiger partial charge in [0.05, 0.1) is 24.6 Å². The zero-order chi connectivity index (χ0) is 20.5. The second kappa shape index (κ2) is 7.66. The van der Waals surface area contributed by atoms with Gasteiger partial charge in [-0.2, -0.15) is 15.3 Å². The minimum atomic E-state index is -0.468. The molecule has 0 N–H and O–H groups in total. The van der Waals surface area contributed by atoms with Crippen LogP contribution in [0.2, 0.25) is 0 Å². The smallest absolute Gasteiger partial charge is 0.312 e. The van der Waals surface area contributed by atoms with Crippen LogP contribution in [0, 0.1) is 0 Å². The summed E-state index contributed by atoms with van der Waals surface area (Å²) in [6.45, 7) is 1.32. The molecule has 1 aliphatic carbocycles. The summed E-state index contributed by atoms with van der Waals surface area (Å²) in [5.41, 5.74) is 1.92. The maximum atomic E-state index is 12.7. The molecule has 3 aromatic rings. The Morgan fingerprint density at radius 2 is 1.63 bits per heavy atom. The van der Waals surface area contributed by atoms with Crippen LogP contribution in [0.3, 0.4) is 0 Å². The van der Waals surface area contributed by atoms with E-state index >= 15 is 0 Å². The van der Waals surface area contributed by atoms with E-state index in [2.05, 4.69) is 32.5 Å². The molecule has 2 fully saturated rings. The maximum absolute atomic E-state index is 12.7. The zero-order valence-electron chi connectivity index (χ0n) is 16.3. The number of amides is 2. The number of nitrogens with zero attached hydrogens (tertiary/aromatic N) is 7. The van der Waals surface area contributed by atoms with E-state index in [0.717, 1.165) is 12.8 Å². The highest BCUT2D eigenvalue weighted by molar-refractivity contribution is 6.35. The topological polar surface area (TPSA) is 97.1 Å². The van der Waals surface area contributed by atoms with E-state index in [1.165, 1.54) is 10.4 Å². The van der Waals surface area contributed by atoms with Gasteiger partial charge in [0, 0.05) is 19.1 Å². The summed E-state index contributed by atoms with van der Waals surface area (Å²) >= 11 is 0. The Kier molecular flexibility index (Phi) is 4.70. The minimum absolute atomic E-state index is 0.148. The lowest BCUT2D eigenvalue weighted by Gasteiger charge is -2.45. The molecule has 152 valence electrons. The highest BCUT2D eigenvalue weighted by Gasteiger charge is 2.42. The molecule has 2 amide bonds. The fraction of sp³-hybridized carbons (Fsp3) is 0.333. The maximum Gasteiger partial charge on any atom is 0.312 e. The molecule has 0 atom stereocenters. The molecular weight excluding hydrogens is 382 g/mol. The third kappa shape index (κ3) is 3.42. The van der Waals surface area contributed by atoms with Crippen molar-refractivity contribution in [1.29, 1.82) is 0 Å². The van der Waals surface area contributed by atoms with Gasteiger partial charge in [0.25, 0.3) is 0 Å². The first-order valence-corrected chi connectivity index (χ1v) is 10.0. The summed E-state index contributed by atoms with van der Waals surface area (Å²) in [4.78, 5) is 30.0. The molecule has 0 bridgehead atoms. The van der Waals surface area contributed by atoms with Gasteiger partial charge in [0.15, 0.2) is 5.82 Å². The Morgan fingerprint density at radius 1 is 0.867 bits per heavy atom. The van der Waals surface area contributed by atoms with Crippen molar-refractivity contribution in [3.05, 3.63) is 66.1 Å². The third-order valence-electron chi connectivity index (χ3n) is 5.85. The molecule has 0 unspecified atom stereocenters. The van der Waals surface area contributed by atoms with E-state index < -0.39 is 11.8 Å². The first-order valence-electron chi connectivity index (χ1n) is 10.0. The molecule has 0 radical (unpaired) electrons. The molecule has 2 aromatic heterocycles. The van der Waals surface area contributed by atoms with Crippen LogP contribution < -0.4 is 0 Å². The predicted molar refractivity (Wildman–Crippen MR) is 106 cm³/mol. The van der Waals surface area contributed by atoms with Gasteiger partial charge >= 0.3 is 11.8 Å². The normalized spacial score (nSPS) is 21.6. The van der Waals surface area contributed by atoms with E-state index in [-0.39, 0.29) is 12.6 Å². The summed E-state index contributed by atoms with van der Waals surface area (Å²) in [5, 5.41) is 16.2. The highest BCUT2D eigenvalue weighted by Crippen LogP contribution is 2.40. The van der Waals surface area contributed by atoms with E-state index in [4.69, 9.17) is 0 Å². The Bertz CT molecular complexity index is 1030. The average Bonchev–Trinajstić information content (AvgIpc) is 3.28. The van der Waals surface area contributed by atoms with Crippen LogP contribution in [0.25, 0.3) is 5.82 Å². The van der Waals surface area contributed by atoms with Gasteiger partial charge in [-0.15, -0.1) is 9.90 Å². The lowest BCUT2D eigenvalue weighted by molar-refractivity contribution is -0.159. The fourth-order valence-corrected chi connectivity index (χ4v) is 4.10. The van der Waals surface area contributed by atoms with Gasteiger partial charge in [-0.05, 0) is 36.5 Å². The van der Waals surface area contributed by atoms with Crippen LogP contribution in [0.5, 0.6) is 0 Å². The molecule has 1 saturated heterocycles. The van der Waals surface area contributed by atoms with E-state index in [1.54, 1.807) is 34.3 Å². The molecule has 3 heterocycles. The lowest BCUT2D eigenvalue weighted by Crippen LogP contribution is -2.59. The first kappa shape index (κ1) is 18.4. The van der Waals surface area contributed by atoms with Crippen molar-refractivity contribution >= 4 is 11.8 Å². The molecule has 2 aliphatic rings. The standard InChI is InChI=1S/C21H21N7O2/c29-20-21(30)27(18-12-16(13-18)15-4-2-1-3-5-15)11-10-26(20)14-17-6-7-19(25-24-17)28-22-8-9-23-28/h1-9,16,18H,10-14H2/t16-,18+. The van der Waals surface area contributed by atoms with Crippen LogP contribution in [-0.2, 0) is 16.1 Å². The van der Waals surface area contributed by atoms with Gasteiger partial charge in [-0.25, -0.2) is 0 Å². The van der Waals surface area contributed by atoms with E-state index in [0.29, 0.717) is 30.5 Å². The minimum Gasteiger partial charge on any atom is -0.330 e. The molecular formula is C21H21N7O2. The van der Waals surface area contributed by atoms with Crippen molar-refractivity contribution in [2.45, 2.75) is 31.3 Å². The second-order valence-corrected chi connectivity index (χ2v) is 7.66. The summed E-state index contributed by atoms with van der Waals surface area (Å²) in [5.74, 6) is 0.0798. The fourth-order valence-electron chi connectivity index (χ4n) is 4.10. The number of aromatic nitrogens is 5. The first-order chi connectivity index (χ1) is 14.7. The number of hydrogen-bond donors (Lipinski definition) is 0. The summed E-state index contributed by atoms with van der Waals surface area (Å²) in [6, 6.07) is 14.0. The molecule has 5 rings (SSSR count). The van der Waals surface area contributed by atoms with Crippen molar-refractivity contribution in [3.8, 4) is 5.82 Å². The van der Waals surface area contributed by atoms with Crippen molar-refractivity contribution in [1.82, 2.24) is 35.0 Å². The second-order valence-electron chi connectivity index (χ2n) is 7.66. The number of carbonyl (C=O) groups is 2. The van der Waals surface area contributed by atoms with Crippen LogP contribution >= 0.6 is 0 Å². The Balaban J connectivity index is 1.18. The monoisotopic (exact) mass is 403 g/mol. The van der Waals surface area contributed by atoms with Gasteiger partial charge in [-0.3, -0.25) is 9.59 Å². The number of hydrogen-bond acceptors (Lipinski definition) is 6. The molecule has 9 heteroatoms. The molecule has 1 aromatic carbocycles. The van der Waals surface area contributed by atoms with Crippen LogP contribution in [-0.4, -0.2) is 65.9 Å². The van der Waals surface area contributed by atoms with E-state index in [9.17, 15) is 9.59 Å². The van der Waals surface area contributed by atoms with Crippen LogP contribution in [0.1, 0.15) is 30.0 Å². The molecule has 0 spiro atoms. The Morgan fingerprint density at radius 3 is 2.33 bits per heavy atom. The summed E-state index contributed by atoms with van der Waals surface area (Å²) < 4.78 is 0. The molecule has 1 saturated carbocycles. The zero-order valence-corrected chi connectivity index (χ0v) is 16.3. The van der Waals surface area contributed by atoms with Crippen molar-refractivity contribution in [2.24, 2.45) is 0 Å². The summed E-state index contributed by atoms with van der Waals surface area (Å²) in [7, 11) is 0. The van der Waals surface area contributed by atoms with Crippen molar-refractivity contribution in [3.63, 3.8) is 0 Å². The average molecular weight is 403 g/mol. The largest absolute Gasteiger partial charge is 0.330 e. The highest BCUT2D eigenvalue weighted by atomic mass is 16.2. The van der Waals surface area contributed by atoms with Gasteiger partial charge in [0.2, 0.25) is 0 Å². The van der Waals surface area contributed by atoms with Gasteiger partial charge < -0.3 is 9.80 Å². The molecule has 9 nitrogen and oxygen atoms in total. The van der Waals surface area contributed by atoms with Crippen LogP contribution in [0.15, 0.2) is 54.9 Å². The number of rotatable bonds is 5. The van der Waals surface area contributed by atoms with Gasteiger partial charge in [-0.1, -0.05) is 30.3 Å². The third-order valence-corrected chi connectivity index (χ3v) is 5.85. The predicted octanol–water partition coefficient (Wildman–Crippen LogP) is 1.17. The van der Waals surface area contributed by atoms with E-state index in [1.807, 2.05) is 18.2 Å². The van der Waals surface area contributed by atoms with Crippen molar-refractivity contribution in [2.75, 3.05) is 13.1 Å². The molecule has 30 heavy (non-hydrogen) atoms. The number of piperazine rings is 1. The Hall–Kier alpha value is -3.62. The lowest BCUT2D eigenvalue weighted by atomic mass is 9.75.